The van der Waals surface area contributed by atoms with Gasteiger partial charge >= 0.3 is 0 Å². The Morgan fingerprint density at radius 1 is 0.862 bits per heavy atom. The molecule has 0 unspecified atom stereocenters. The van der Waals surface area contributed by atoms with E-state index in [1.54, 1.807) is 42.5 Å². The van der Waals surface area contributed by atoms with Crippen LogP contribution in [0.1, 0.15) is 27.6 Å². The average molecular weight is 403 g/mol. The number of rotatable bonds is 3. The van der Waals surface area contributed by atoms with E-state index in [2.05, 4.69) is 16.0 Å². The van der Waals surface area contributed by atoms with Gasteiger partial charge in [0, 0.05) is 33.7 Å². The molecule has 0 spiro atoms. The van der Waals surface area contributed by atoms with E-state index < -0.39 is 0 Å². The summed E-state index contributed by atoms with van der Waals surface area (Å²) in [7, 11) is 0. The molecule has 0 aliphatic carbocycles. The van der Waals surface area contributed by atoms with Crippen molar-refractivity contribution in [3.63, 3.8) is 0 Å². The van der Waals surface area contributed by atoms with Gasteiger partial charge in [-0.15, -0.1) is 0 Å². The van der Waals surface area contributed by atoms with Crippen molar-refractivity contribution in [3.05, 3.63) is 77.9 Å². The Hall–Kier alpha value is -3.58. The minimum absolute atomic E-state index is 0.187. The van der Waals surface area contributed by atoms with Crippen LogP contribution in [0.15, 0.2) is 76.5 Å². The molecule has 29 heavy (non-hydrogen) atoms. The molecular weight excluding hydrogens is 386 g/mol. The van der Waals surface area contributed by atoms with Gasteiger partial charge in [0.2, 0.25) is 5.91 Å². The van der Waals surface area contributed by atoms with Crippen LogP contribution in [0.25, 0.3) is 0 Å². The highest BCUT2D eigenvalue weighted by Crippen LogP contribution is 2.39. The third kappa shape index (κ3) is 4.14. The number of carbonyl (C=O) groups excluding carboxylic acids is 3. The number of nitrogens with one attached hydrogen (secondary N) is 3. The summed E-state index contributed by atoms with van der Waals surface area (Å²) < 4.78 is 0. The lowest BCUT2D eigenvalue weighted by molar-refractivity contribution is -0.114. The zero-order valence-electron chi connectivity index (χ0n) is 15.5. The van der Waals surface area contributed by atoms with Gasteiger partial charge in [0.15, 0.2) is 0 Å². The molecule has 0 aromatic heterocycles. The second-order valence-electron chi connectivity index (χ2n) is 6.48. The van der Waals surface area contributed by atoms with E-state index in [-0.39, 0.29) is 17.7 Å². The molecule has 3 aromatic rings. The highest BCUT2D eigenvalue weighted by atomic mass is 32.2. The van der Waals surface area contributed by atoms with E-state index in [9.17, 15) is 14.4 Å². The first-order valence-electron chi connectivity index (χ1n) is 8.91. The maximum absolute atomic E-state index is 12.7. The van der Waals surface area contributed by atoms with E-state index in [1.165, 1.54) is 18.7 Å². The average Bonchev–Trinajstić information content (AvgIpc) is 2.83. The monoisotopic (exact) mass is 403 g/mol. The van der Waals surface area contributed by atoms with Crippen molar-refractivity contribution in [1.29, 1.82) is 0 Å². The predicted molar refractivity (Wildman–Crippen MR) is 114 cm³/mol. The van der Waals surface area contributed by atoms with E-state index in [1.807, 2.05) is 24.3 Å². The normalized spacial score (nSPS) is 12.1. The second kappa shape index (κ2) is 7.81. The zero-order chi connectivity index (χ0) is 20.4. The fourth-order valence-corrected chi connectivity index (χ4v) is 4.00. The molecular formula is C22H17N3O3S. The largest absolute Gasteiger partial charge is 0.326 e. The summed E-state index contributed by atoms with van der Waals surface area (Å²) >= 11 is 1.48. The summed E-state index contributed by atoms with van der Waals surface area (Å²) in [6.07, 6.45) is 0. The molecule has 3 aromatic carbocycles. The zero-order valence-corrected chi connectivity index (χ0v) is 16.3. The lowest BCUT2D eigenvalue weighted by atomic mass is 10.1. The van der Waals surface area contributed by atoms with Gasteiger partial charge in [0.05, 0.1) is 11.3 Å². The van der Waals surface area contributed by atoms with E-state index in [0.717, 1.165) is 9.79 Å². The number of carbonyl (C=O) groups is 3. The molecule has 6 nitrogen and oxygen atoms in total. The molecule has 0 fully saturated rings. The molecule has 0 saturated carbocycles. The Balaban J connectivity index is 1.57. The Bertz CT molecular complexity index is 1140. The number of benzene rings is 3. The molecule has 0 saturated heterocycles. The van der Waals surface area contributed by atoms with Gasteiger partial charge in [0.1, 0.15) is 0 Å². The number of amides is 3. The highest BCUT2D eigenvalue weighted by Gasteiger charge is 2.20. The van der Waals surface area contributed by atoms with Crippen molar-refractivity contribution < 1.29 is 14.4 Å². The van der Waals surface area contributed by atoms with Crippen LogP contribution >= 0.6 is 11.8 Å². The van der Waals surface area contributed by atoms with Crippen LogP contribution in [0.2, 0.25) is 0 Å². The SMILES string of the molecule is CC(=O)Nc1cccc(NC(=O)c2ccc3c(c2)NC(=O)c2ccccc2S3)c1. The molecule has 0 radical (unpaired) electrons. The third-order valence-corrected chi connectivity index (χ3v) is 5.43. The fraction of sp³-hybridized carbons (Fsp3) is 0.0455. The molecule has 0 atom stereocenters. The van der Waals surface area contributed by atoms with E-state index >= 15 is 0 Å². The minimum atomic E-state index is -0.311. The van der Waals surface area contributed by atoms with Crippen LogP contribution in [0.4, 0.5) is 17.1 Å². The second-order valence-corrected chi connectivity index (χ2v) is 7.56. The van der Waals surface area contributed by atoms with Crippen molar-refractivity contribution in [1.82, 2.24) is 0 Å². The number of hydrogen-bond donors (Lipinski definition) is 3. The Kier molecular flexibility index (Phi) is 5.05. The Morgan fingerprint density at radius 3 is 2.41 bits per heavy atom. The Labute approximate surface area is 171 Å². The van der Waals surface area contributed by atoms with Gasteiger partial charge in [-0.1, -0.05) is 30.0 Å². The van der Waals surface area contributed by atoms with Crippen molar-refractivity contribution in [2.75, 3.05) is 16.0 Å². The van der Waals surface area contributed by atoms with Gasteiger partial charge in [-0.25, -0.2) is 0 Å². The molecule has 4 rings (SSSR count). The first-order valence-corrected chi connectivity index (χ1v) is 9.72. The van der Waals surface area contributed by atoms with Crippen LogP contribution in [0.5, 0.6) is 0 Å². The standard InChI is InChI=1S/C22H17N3O3S/c1-13(26)23-15-5-4-6-16(12-15)24-21(27)14-9-10-20-18(11-14)25-22(28)17-7-2-3-8-19(17)29-20/h2-12H,1H3,(H,23,26)(H,24,27)(H,25,28). The van der Waals surface area contributed by atoms with Gasteiger partial charge in [-0.3, -0.25) is 14.4 Å². The van der Waals surface area contributed by atoms with Crippen molar-refractivity contribution in [2.45, 2.75) is 16.7 Å². The molecule has 1 aliphatic rings. The third-order valence-electron chi connectivity index (χ3n) is 4.28. The predicted octanol–water partition coefficient (Wildman–Crippen LogP) is 4.61. The summed E-state index contributed by atoms with van der Waals surface area (Å²) in [5.41, 5.74) is 2.77. The van der Waals surface area contributed by atoms with Crippen molar-refractivity contribution in [3.8, 4) is 0 Å². The molecule has 7 heteroatoms. The first kappa shape index (κ1) is 18.8. The van der Waals surface area contributed by atoms with Gasteiger partial charge < -0.3 is 16.0 Å². The number of hydrogen-bond acceptors (Lipinski definition) is 4. The summed E-state index contributed by atoms with van der Waals surface area (Å²) in [5, 5.41) is 8.37. The molecule has 144 valence electrons. The van der Waals surface area contributed by atoms with Gasteiger partial charge in [-0.2, -0.15) is 0 Å². The maximum Gasteiger partial charge on any atom is 0.256 e. The first-order chi connectivity index (χ1) is 14.0. The van der Waals surface area contributed by atoms with Crippen molar-refractivity contribution in [2.24, 2.45) is 0 Å². The number of fused-ring (bicyclic) bond motifs is 2. The van der Waals surface area contributed by atoms with Crippen molar-refractivity contribution >= 4 is 46.5 Å². The smallest absolute Gasteiger partial charge is 0.256 e. The van der Waals surface area contributed by atoms with Crippen LogP contribution in [0, 0.1) is 0 Å². The molecule has 0 bridgehead atoms. The highest BCUT2D eigenvalue weighted by molar-refractivity contribution is 7.99. The summed E-state index contributed by atoms with van der Waals surface area (Å²) in [6.45, 7) is 1.42. The minimum Gasteiger partial charge on any atom is -0.326 e. The fourth-order valence-electron chi connectivity index (χ4n) is 2.99. The van der Waals surface area contributed by atoms with E-state index in [0.29, 0.717) is 28.2 Å². The van der Waals surface area contributed by atoms with Crippen LogP contribution < -0.4 is 16.0 Å². The topological polar surface area (TPSA) is 87.3 Å². The number of anilines is 3. The molecule has 3 N–H and O–H groups in total. The molecule has 3 amide bonds. The quantitative estimate of drug-likeness (QED) is 0.596. The molecule has 1 aliphatic heterocycles. The Morgan fingerprint density at radius 2 is 1.62 bits per heavy atom. The maximum atomic E-state index is 12.7. The summed E-state index contributed by atoms with van der Waals surface area (Å²) in [6, 6.07) is 19.5. The van der Waals surface area contributed by atoms with Crippen LogP contribution in [-0.2, 0) is 4.79 Å². The lowest BCUT2D eigenvalue weighted by Gasteiger charge is -2.11. The van der Waals surface area contributed by atoms with Gasteiger partial charge in [-0.05, 0) is 48.5 Å². The van der Waals surface area contributed by atoms with Gasteiger partial charge in [0.25, 0.3) is 11.8 Å². The van der Waals surface area contributed by atoms with E-state index in [4.69, 9.17) is 0 Å². The van der Waals surface area contributed by atoms with Crippen LogP contribution in [-0.4, -0.2) is 17.7 Å². The lowest BCUT2D eigenvalue weighted by Crippen LogP contribution is -2.14. The molecule has 1 heterocycles. The summed E-state index contributed by atoms with van der Waals surface area (Å²) in [4.78, 5) is 38.2. The summed E-state index contributed by atoms with van der Waals surface area (Å²) in [5.74, 6) is -0.699. The van der Waals surface area contributed by atoms with Crippen LogP contribution in [0.3, 0.4) is 0 Å².